The van der Waals surface area contributed by atoms with Gasteiger partial charge in [-0.3, -0.25) is 0 Å². The smallest absolute Gasteiger partial charge is 0.180 e. The molecule has 1 aromatic heterocycles. The fraction of sp³-hybridized carbons (Fsp3) is 0.312. The molecule has 0 radical (unpaired) electrons. The molecule has 1 heterocycles. The maximum Gasteiger partial charge on any atom is 0.180 e. The van der Waals surface area contributed by atoms with Gasteiger partial charge in [0, 0.05) is 38.2 Å². The molecular weight excluding hydrogens is 220 g/mol. The van der Waals surface area contributed by atoms with Gasteiger partial charge in [0.25, 0.3) is 0 Å². The van der Waals surface area contributed by atoms with Crippen LogP contribution in [0.1, 0.15) is 18.3 Å². The van der Waals surface area contributed by atoms with E-state index < -0.39 is 0 Å². The second-order valence-corrected chi connectivity index (χ2v) is 4.64. The Hall–Kier alpha value is -1.83. The third-order valence-corrected chi connectivity index (χ3v) is 3.47. The van der Waals surface area contributed by atoms with Crippen LogP contribution < -0.4 is 9.47 Å². The zero-order chi connectivity index (χ0) is 13.1. The third-order valence-electron chi connectivity index (χ3n) is 3.47. The summed E-state index contributed by atoms with van der Waals surface area (Å²) in [5, 5.41) is 0. The van der Waals surface area contributed by atoms with Gasteiger partial charge in [-0.15, -0.1) is 0 Å². The van der Waals surface area contributed by atoms with Crippen LogP contribution in [-0.4, -0.2) is 6.54 Å². The predicted molar refractivity (Wildman–Crippen MR) is 76.2 cm³/mol. The Morgan fingerprint density at radius 1 is 0.944 bits per heavy atom. The van der Waals surface area contributed by atoms with E-state index in [0.29, 0.717) is 0 Å². The lowest BCUT2D eigenvalue weighted by molar-refractivity contribution is -0.683. The second-order valence-electron chi connectivity index (χ2n) is 4.64. The highest BCUT2D eigenvalue weighted by atomic mass is 15.1. The van der Waals surface area contributed by atoms with Gasteiger partial charge >= 0.3 is 0 Å². The van der Waals surface area contributed by atoms with E-state index in [1.54, 1.807) is 0 Å². The third kappa shape index (κ3) is 2.37. The molecule has 0 unspecified atom stereocenters. The van der Waals surface area contributed by atoms with E-state index in [4.69, 9.17) is 0 Å². The second kappa shape index (κ2) is 5.21. The summed E-state index contributed by atoms with van der Waals surface area (Å²) >= 11 is 0. The largest absolute Gasteiger partial charge is 0.341 e. The first-order valence-electron chi connectivity index (χ1n) is 6.43. The number of aromatic nitrogens is 1. The van der Waals surface area contributed by atoms with E-state index in [9.17, 15) is 0 Å². The average Bonchev–Trinajstić information content (AvgIpc) is 2.38. The molecule has 1 aromatic carbocycles. The molecule has 0 fully saturated rings. The van der Waals surface area contributed by atoms with Crippen LogP contribution in [-0.2, 0) is 7.05 Å². The van der Waals surface area contributed by atoms with E-state index in [0.717, 1.165) is 6.54 Å². The average molecular weight is 241 g/mol. The van der Waals surface area contributed by atoms with Gasteiger partial charge in [0.05, 0.1) is 5.69 Å². The summed E-state index contributed by atoms with van der Waals surface area (Å²) in [6.45, 7) is 7.45. The molecule has 0 aliphatic rings. The van der Waals surface area contributed by atoms with Crippen LogP contribution in [0.2, 0.25) is 0 Å². The molecule has 0 N–H and O–H groups in total. The molecule has 0 spiro atoms. The first-order valence-corrected chi connectivity index (χ1v) is 6.43. The summed E-state index contributed by atoms with van der Waals surface area (Å²) in [5.74, 6) is 0. The van der Waals surface area contributed by atoms with Crippen molar-refractivity contribution < 1.29 is 4.57 Å². The van der Waals surface area contributed by atoms with Gasteiger partial charge in [-0.25, -0.2) is 4.57 Å². The number of hydrogen-bond donors (Lipinski definition) is 0. The van der Waals surface area contributed by atoms with Crippen LogP contribution in [0.3, 0.4) is 0 Å². The monoisotopic (exact) mass is 241 g/mol. The Kier molecular flexibility index (Phi) is 3.66. The quantitative estimate of drug-likeness (QED) is 0.748. The highest BCUT2D eigenvalue weighted by molar-refractivity contribution is 5.63. The molecule has 18 heavy (non-hydrogen) atoms. The Morgan fingerprint density at radius 2 is 1.50 bits per heavy atom. The molecule has 0 aliphatic heterocycles. The van der Waals surface area contributed by atoms with Crippen molar-refractivity contribution in [3.8, 4) is 0 Å². The maximum atomic E-state index is 2.33. The first kappa shape index (κ1) is 12.6. The minimum Gasteiger partial charge on any atom is -0.341 e. The molecular formula is C16H21N2+. The van der Waals surface area contributed by atoms with Crippen molar-refractivity contribution >= 4 is 11.4 Å². The van der Waals surface area contributed by atoms with Gasteiger partial charge < -0.3 is 4.90 Å². The Morgan fingerprint density at radius 3 is 2.00 bits per heavy atom. The van der Waals surface area contributed by atoms with Crippen LogP contribution in [0.4, 0.5) is 11.4 Å². The van der Waals surface area contributed by atoms with Gasteiger partial charge in [0.15, 0.2) is 11.4 Å². The molecule has 0 atom stereocenters. The number of benzene rings is 1. The lowest BCUT2D eigenvalue weighted by Gasteiger charge is -2.23. The fourth-order valence-corrected chi connectivity index (χ4v) is 2.22. The van der Waals surface area contributed by atoms with Crippen LogP contribution in [0.15, 0.2) is 42.5 Å². The summed E-state index contributed by atoms with van der Waals surface area (Å²) in [6.07, 6.45) is 0. The number of para-hydroxylation sites is 1. The Labute approximate surface area is 110 Å². The van der Waals surface area contributed by atoms with Crippen molar-refractivity contribution in [2.75, 3.05) is 11.4 Å². The van der Waals surface area contributed by atoms with Crippen molar-refractivity contribution in [3.05, 3.63) is 53.9 Å². The van der Waals surface area contributed by atoms with E-state index in [2.05, 4.69) is 79.8 Å². The highest BCUT2D eigenvalue weighted by Gasteiger charge is 2.13. The maximum absolute atomic E-state index is 2.33. The van der Waals surface area contributed by atoms with Crippen molar-refractivity contribution in [3.63, 3.8) is 0 Å². The fourth-order valence-electron chi connectivity index (χ4n) is 2.22. The molecule has 2 rings (SSSR count). The zero-order valence-electron chi connectivity index (χ0n) is 11.6. The summed E-state index contributed by atoms with van der Waals surface area (Å²) in [5.41, 5.74) is 5.06. The standard InChI is InChI=1S/C16H21N2/c1-5-18(15-9-7-6-8-10-15)16-11-13(2)17(4)14(3)12-16/h6-12H,5H2,1-4H3/q+1. The van der Waals surface area contributed by atoms with E-state index in [1.165, 1.54) is 22.8 Å². The van der Waals surface area contributed by atoms with Gasteiger partial charge in [-0.1, -0.05) is 18.2 Å². The molecule has 2 aromatic rings. The molecule has 0 aliphatic carbocycles. The lowest BCUT2D eigenvalue weighted by Crippen LogP contribution is -2.36. The van der Waals surface area contributed by atoms with Crippen molar-refractivity contribution in [1.29, 1.82) is 0 Å². The number of hydrogen-bond acceptors (Lipinski definition) is 1. The van der Waals surface area contributed by atoms with E-state index in [-0.39, 0.29) is 0 Å². The van der Waals surface area contributed by atoms with Crippen LogP contribution >= 0.6 is 0 Å². The molecule has 0 amide bonds. The van der Waals surface area contributed by atoms with Crippen LogP contribution in [0, 0.1) is 13.8 Å². The van der Waals surface area contributed by atoms with Crippen molar-refractivity contribution in [2.24, 2.45) is 7.05 Å². The Balaban J connectivity index is 2.46. The number of nitrogens with zero attached hydrogens (tertiary/aromatic N) is 2. The topological polar surface area (TPSA) is 7.12 Å². The lowest BCUT2D eigenvalue weighted by atomic mass is 10.2. The van der Waals surface area contributed by atoms with Crippen molar-refractivity contribution in [2.45, 2.75) is 20.8 Å². The summed E-state index contributed by atoms with van der Waals surface area (Å²) in [6, 6.07) is 15.0. The summed E-state index contributed by atoms with van der Waals surface area (Å²) < 4.78 is 2.21. The normalized spacial score (nSPS) is 10.4. The van der Waals surface area contributed by atoms with Gasteiger partial charge in [-0.2, -0.15) is 0 Å². The van der Waals surface area contributed by atoms with Gasteiger partial charge in [0.2, 0.25) is 0 Å². The molecule has 0 saturated carbocycles. The molecule has 94 valence electrons. The zero-order valence-corrected chi connectivity index (χ0v) is 11.6. The number of pyridine rings is 1. The van der Waals surface area contributed by atoms with E-state index in [1.807, 2.05) is 0 Å². The predicted octanol–water partition coefficient (Wildman–Crippen LogP) is 3.29. The van der Waals surface area contributed by atoms with Gasteiger partial charge in [-0.05, 0) is 19.1 Å². The molecule has 2 heteroatoms. The highest BCUT2D eigenvalue weighted by Crippen LogP contribution is 2.25. The number of aryl methyl sites for hydroxylation is 2. The minimum atomic E-state index is 0.969. The molecule has 0 saturated heterocycles. The first-order chi connectivity index (χ1) is 8.63. The van der Waals surface area contributed by atoms with Crippen LogP contribution in [0.25, 0.3) is 0 Å². The molecule has 2 nitrogen and oxygen atoms in total. The van der Waals surface area contributed by atoms with Crippen LogP contribution in [0.5, 0.6) is 0 Å². The SMILES string of the molecule is CCN(c1ccccc1)c1cc(C)[n+](C)c(C)c1. The molecule has 0 bridgehead atoms. The minimum absolute atomic E-state index is 0.969. The summed E-state index contributed by atoms with van der Waals surface area (Å²) in [7, 11) is 2.10. The number of rotatable bonds is 3. The summed E-state index contributed by atoms with van der Waals surface area (Å²) in [4.78, 5) is 2.33. The van der Waals surface area contributed by atoms with E-state index >= 15 is 0 Å². The number of anilines is 2. The van der Waals surface area contributed by atoms with Crippen molar-refractivity contribution in [1.82, 2.24) is 0 Å². The van der Waals surface area contributed by atoms with Gasteiger partial charge in [0.1, 0.15) is 7.05 Å². The Bertz CT molecular complexity index is 509.